The van der Waals surface area contributed by atoms with Gasteiger partial charge in [0, 0.05) is 37.6 Å². The Labute approximate surface area is 178 Å². The molecule has 2 saturated carbocycles. The quantitative estimate of drug-likeness (QED) is 0.794. The van der Waals surface area contributed by atoms with Gasteiger partial charge in [-0.3, -0.25) is 9.69 Å². The van der Waals surface area contributed by atoms with E-state index in [9.17, 15) is 14.3 Å². The summed E-state index contributed by atoms with van der Waals surface area (Å²) in [6.45, 7) is 5.90. The van der Waals surface area contributed by atoms with E-state index in [1.165, 1.54) is 6.07 Å². The smallest absolute Gasteiger partial charge is 0.226 e. The molecule has 5 nitrogen and oxygen atoms in total. The van der Waals surface area contributed by atoms with Crippen LogP contribution in [-0.4, -0.2) is 60.3 Å². The van der Waals surface area contributed by atoms with Crippen molar-refractivity contribution in [3.8, 4) is 0 Å². The zero-order valence-electron chi connectivity index (χ0n) is 17.9. The lowest BCUT2D eigenvalue weighted by atomic mass is 9.77. The molecule has 4 aliphatic rings. The number of nitrogens with one attached hydrogen (secondary N) is 1. The molecule has 2 heterocycles. The first-order chi connectivity index (χ1) is 14.4. The fraction of sp³-hybridized carbons (Fsp3) is 0.708. The van der Waals surface area contributed by atoms with E-state index in [1.807, 2.05) is 19.1 Å². The van der Waals surface area contributed by atoms with E-state index in [2.05, 4.69) is 15.1 Å². The van der Waals surface area contributed by atoms with Crippen LogP contribution in [0.15, 0.2) is 24.3 Å². The van der Waals surface area contributed by atoms with Crippen LogP contribution >= 0.6 is 0 Å². The summed E-state index contributed by atoms with van der Waals surface area (Å²) in [6.07, 6.45) is 5.28. The van der Waals surface area contributed by atoms with Gasteiger partial charge in [0.15, 0.2) is 0 Å². The van der Waals surface area contributed by atoms with Crippen molar-refractivity contribution in [1.82, 2.24) is 10.2 Å². The molecule has 2 N–H and O–H groups in total. The third kappa shape index (κ3) is 3.84. The van der Waals surface area contributed by atoms with Crippen molar-refractivity contribution in [2.75, 3.05) is 31.1 Å². The van der Waals surface area contributed by atoms with Crippen LogP contribution in [-0.2, 0) is 4.79 Å². The topological polar surface area (TPSA) is 55.8 Å². The molecule has 1 aromatic carbocycles. The minimum atomic E-state index is -0.430. The number of amides is 1. The van der Waals surface area contributed by atoms with Crippen LogP contribution in [0.3, 0.4) is 0 Å². The van der Waals surface area contributed by atoms with Crippen LogP contribution in [0.1, 0.15) is 45.4 Å². The number of hydrogen-bond acceptors (Lipinski definition) is 4. The number of rotatable bonds is 4. The largest absolute Gasteiger partial charge is 0.391 e. The first-order valence-corrected chi connectivity index (χ1v) is 11.7. The molecule has 164 valence electrons. The maximum absolute atomic E-state index is 14.1. The molecule has 6 heteroatoms. The van der Waals surface area contributed by atoms with Gasteiger partial charge in [0.25, 0.3) is 0 Å². The first kappa shape index (κ1) is 20.3. The second-order valence-electron chi connectivity index (χ2n) is 10.3. The Morgan fingerprint density at radius 3 is 2.47 bits per heavy atom. The zero-order chi connectivity index (χ0) is 20.9. The van der Waals surface area contributed by atoms with E-state index < -0.39 is 6.10 Å². The average molecular weight is 416 g/mol. The lowest BCUT2D eigenvalue weighted by molar-refractivity contribution is -0.128. The van der Waals surface area contributed by atoms with Crippen molar-refractivity contribution in [2.45, 2.75) is 63.6 Å². The number of aliphatic hydroxyl groups is 1. The van der Waals surface area contributed by atoms with Gasteiger partial charge in [-0.05, 0) is 62.5 Å². The lowest BCUT2D eigenvalue weighted by Crippen LogP contribution is -2.50. The Bertz CT molecular complexity index is 790. The van der Waals surface area contributed by atoms with Crippen LogP contribution in [0.25, 0.3) is 0 Å². The normalized spacial score (nSPS) is 33.9. The monoisotopic (exact) mass is 415 g/mol. The van der Waals surface area contributed by atoms with E-state index in [0.29, 0.717) is 17.9 Å². The Morgan fingerprint density at radius 2 is 1.80 bits per heavy atom. The van der Waals surface area contributed by atoms with Crippen LogP contribution in [0.4, 0.5) is 10.1 Å². The van der Waals surface area contributed by atoms with Gasteiger partial charge in [0.2, 0.25) is 5.91 Å². The summed E-state index contributed by atoms with van der Waals surface area (Å²) in [6, 6.07) is 7.49. The van der Waals surface area contributed by atoms with Crippen LogP contribution in [0, 0.1) is 23.1 Å². The van der Waals surface area contributed by atoms with Crippen molar-refractivity contribution < 1.29 is 14.3 Å². The second-order valence-corrected chi connectivity index (χ2v) is 10.3. The summed E-state index contributed by atoms with van der Waals surface area (Å²) in [5.41, 5.74) is 0.530. The first-order valence-electron chi connectivity index (χ1n) is 11.7. The number of carbonyl (C=O) groups is 1. The summed E-state index contributed by atoms with van der Waals surface area (Å²) >= 11 is 0. The van der Waals surface area contributed by atoms with E-state index in [0.717, 1.165) is 70.4 Å². The SMILES string of the molecule is CC1(C(=O)N[C@H]2C[C@H]3CN(C4CCN(c5ccccc5F)CC4)C[C@H]3C[C@@H]2O)CC1. The van der Waals surface area contributed by atoms with Gasteiger partial charge in [-0.2, -0.15) is 0 Å². The number of aliphatic hydroxyl groups excluding tert-OH is 1. The highest BCUT2D eigenvalue weighted by atomic mass is 19.1. The highest BCUT2D eigenvalue weighted by Crippen LogP contribution is 2.46. The third-order valence-electron chi connectivity index (χ3n) is 8.21. The summed E-state index contributed by atoms with van der Waals surface area (Å²) in [4.78, 5) is 17.2. The third-order valence-corrected chi connectivity index (χ3v) is 8.21. The Hall–Kier alpha value is -1.66. The predicted octanol–water partition coefficient (Wildman–Crippen LogP) is 2.78. The number of carbonyl (C=O) groups excluding carboxylic acids is 1. The van der Waals surface area contributed by atoms with Gasteiger partial charge in [0.05, 0.1) is 17.8 Å². The molecule has 4 atom stereocenters. The number of piperidine rings is 1. The molecule has 0 radical (unpaired) electrons. The number of nitrogens with zero attached hydrogens (tertiary/aromatic N) is 2. The van der Waals surface area contributed by atoms with Crippen LogP contribution in [0.5, 0.6) is 0 Å². The molecule has 2 saturated heterocycles. The number of fused-ring (bicyclic) bond motifs is 1. The van der Waals surface area contributed by atoms with Crippen LogP contribution in [0.2, 0.25) is 0 Å². The average Bonchev–Trinajstić information content (AvgIpc) is 3.37. The predicted molar refractivity (Wildman–Crippen MR) is 115 cm³/mol. The van der Waals surface area contributed by atoms with E-state index in [4.69, 9.17) is 0 Å². The van der Waals surface area contributed by atoms with Gasteiger partial charge >= 0.3 is 0 Å². The molecule has 5 rings (SSSR count). The number of halogens is 1. The van der Waals surface area contributed by atoms with Crippen molar-refractivity contribution >= 4 is 11.6 Å². The highest BCUT2D eigenvalue weighted by molar-refractivity contribution is 5.85. The van der Waals surface area contributed by atoms with E-state index in [-0.39, 0.29) is 23.2 Å². The lowest BCUT2D eigenvalue weighted by Gasteiger charge is -2.38. The molecule has 0 spiro atoms. The fourth-order valence-electron chi connectivity index (χ4n) is 5.86. The Morgan fingerprint density at radius 1 is 1.13 bits per heavy atom. The van der Waals surface area contributed by atoms with Gasteiger partial charge in [-0.25, -0.2) is 4.39 Å². The summed E-state index contributed by atoms with van der Waals surface area (Å²) in [5, 5.41) is 13.8. The number of likely N-dealkylation sites (tertiary alicyclic amines) is 1. The van der Waals surface area contributed by atoms with Crippen molar-refractivity contribution in [1.29, 1.82) is 0 Å². The fourth-order valence-corrected chi connectivity index (χ4v) is 5.86. The summed E-state index contributed by atoms with van der Waals surface area (Å²) in [5.74, 6) is 1.07. The van der Waals surface area contributed by atoms with Crippen molar-refractivity contribution in [2.24, 2.45) is 17.3 Å². The molecule has 2 aliphatic heterocycles. The molecular weight excluding hydrogens is 381 g/mol. The minimum absolute atomic E-state index is 0.0981. The van der Waals surface area contributed by atoms with Gasteiger partial charge in [-0.1, -0.05) is 19.1 Å². The van der Waals surface area contributed by atoms with Crippen molar-refractivity contribution in [3.05, 3.63) is 30.1 Å². The molecule has 0 aromatic heterocycles. The van der Waals surface area contributed by atoms with Crippen LogP contribution < -0.4 is 10.2 Å². The highest BCUT2D eigenvalue weighted by Gasteiger charge is 2.48. The Kier molecular flexibility index (Phi) is 5.26. The van der Waals surface area contributed by atoms with Gasteiger partial charge in [-0.15, -0.1) is 0 Å². The Balaban J connectivity index is 1.15. The molecular formula is C24H34FN3O2. The minimum Gasteiger partial charge on any atom is -0.391 e. The van der Waals surface area contributed by atoms with Gasteiger partial charge < -0.3 is 15.3 Å². The number of hydrogen-bond donors (Lipinski definition) is 2. The standard InChI is InChI=1S/C24H34FN3O2/c1-24(8-9-24)23(30)26-20-12-16-14-28(15-17(16)13-22(20)29)18-6-10-27(11-7-18)21-5-3-2-4-19(21)25/h2-5,16-18,20,22,29H,6-15H2,1H3,(H,26,30)/t16-,17+,20-,22-/m0/s1. The molecule has 0 unspecified atom stereocenters. The van der Waals surface area contributed by atoms with E-state index >= 15 is 0 Å². The number of anilines is 1. The zero-order valence-corrected chi connectivity index (χ0v) is 17.9. The number of benzene rings is 1. The van der Waals surface area contributed by atoms with Crippen molar-refractivity contribution in [3.63, 3.8) is 0 Å². The molecule has 1 aromatic rings. The number of para-hydroxylation sites is 1. The maximum atomic E-state index is 14.1. The maximum Gasteiger partial charge on any atom is 0.226 e. The molecule has 1 amide bonds. The van der Waals surface area contributed by atoms with Gasteiger partial charge in [0.1, 0.15) is 5.82 Å². The molecule has 4 fully saturated rings. The molecule has 0 bridgehead atoms. The second kappa shape index (κ2) is 7.79. The molecule has 30 heavy (non-hydrogen) atoms. The summed E-state index contributed by atoms with van der Waals surface area (Å²) in [7, 11) is 0. The molecule has 2 aliphatic carbocycles. The van der Waals surface area contributed by atoms with E-state index in [1.54, 1.807) is 6.07 Å². The summed E-state index contributed by atoms with van der Waals surface area (Å²) < 4.78 is 14.1.